The van der Waals surface area contributed by atoms with Crippen molar-refractivity contribution in [2.45, 2.75) is 13.5 Å². The molecule has 21 heavy (non-hydrogen) atoms. The van der Waals surface area contributed by atoms with Gasteiger partial charge in [0.1, 0.15) is 0 Å². The van der Waals surface area contributed by atoms with Crippen LogP contribution in [0.3, 0.4) is 0 Å². The van der Waals surface area contributed by atoms with Crippen molar-refractivity contribution in [3.63, 3.8) is 0 Å². The van der Waals surface area contributed by atoms with Gasteiger partial charge in [0.05, 0.1) is 18.2 Å². The van der Waals surface area contributed by atoms with Crippen LogP contribution >= 0.6 is 0 Å². The molecule has 0 aliphatic heterocycles. The molecule has 3 aromatic rings. The Hall–Kier alpha value is -2.86. The predicted octanol–water partition coefficient (Wildman–Crippen LogP) is 3.23. The summed E-state index contributed by atoms with van der Waals surface area (Å²) in [7, 11) is 0. The molecular weight excluding hydrogens is 260 g/mol. The van der Waals surface area contributed by atoms with E-state index in [1.807, 2.05) is 49.5 Å². The number of fused-ring (bicyclic) bond motifs is 1. The maximum Gasteiger partial charge on any atom is 0.258 e. The van der Waals surface area contributed by atoms with Gasteiger partial charge < -0.3 is 4.57 Å². The molecule has 0 spiro atoms. The molecule has 0 bridgehead atoms. The third-order valence-corrected chi connectivity index (χ3v) is 3.57. The molecule has 0 aliphatic rings. The minimum absolute atomic E-state index is 0.0110. The van der Waals surface area contributed by atoms with Crippen molar-refractivity contribution in [1.82, 2.24) is 4.57 Å². The van der Waals surface area contributed by atoms with Crippen molar-refractivity contribution in [2.75, 3.05) is 0 Å². The first-order valence-electron chi connectivity index (χ1n) is 6.76. The molecule has 1 heterocycles. The van der Waals surface area contributed by atoms with E-state index in [0.717, 1.165) is 21.9 Å². The van der Waals surface area contributed by atoms with Crippen LogP contribution < -0.4 is 5.56 Å². The lowest BCUT2D eigenvalue weighted by molar-refractivity contribution is 0.768. The number of pyridine rings is 1. The number of aromatic nitrogens is 1. The smallest absolute Gasteiger partial charge is 0.258 e. The molecule has 0 unspecified atom stereocenters. The molecule has 0 radical (unpaired) electrons. The van der Waals surface area contributed by atoms with Gasteiger partial charge in [0.15, 0.2) is 0 Å². The molecule has 0 saturated heterocycles. The minimum atomic E-state index is 0.0110. The SMILES string of the molecule is Cc1ccc2c(=O)n(Cc3ccc(C#N)cc3)ccc2c1. The van der Waals surface area contributed by atoms with Crippen LogP contribution in [0.15, 0.2) is 59.5 Å². The molecule has 0 fully saturated rings. The van der Waals surface area contributed by atoms with E-state index in [1.165, 1.54) is 0 Å². The Morgan fingerprint density at radius 2 is 1.86 bits per heavy atom. The molecule has 0 N–H and O–H groups in total. The van der Waals surface area contributed by atoms with Crippen molar-refractivity contribution in [3.8, 4) is 6.07 Å². The zero-order chi connectivity index (χ0) is 14.8. The maximum absolute atomic E-state index is 12.5. The first-order chi connectivity index (χ1) is 10.2. The van der Waals surface area contributed by atoms with Gasteiger partial charge in [-0.1, -0.05) is 29.8 Å². The van der Waals surface area contributed by atoms with Gasteiger partial charge in [-0.05, 0) is 42.1 Å². The average molecular weight is 274 g/mol. The summed E-state index contributed by atoms with van der Waals surface area (Å²) in [6, 6.07) is 17.2. The lowest BCUT2D eigenvalue weighted by atomic mass is 10.1. The van der Waals surface area contributed by atoms with E-state index < -0.39 is 0 Å². The van der Waals surface area contributed by atoms with E-state index in [-0.39, 0.29) is 5.56 Å². The van der Waals surface area contributed by atoms with Gasteiger partial charge in [-0.25, -0.2) is 0 Å². The fraction of sp³-hybridized carbons (Fsp3) is 0.111. The highest BCUT2D eigenvalue weighted by atomic mass is 16.1. The van der Waals surface area contributed by atoms with E-state index in [0.29, 0.717) is 12.1 Å². The largest absolute Gasteiger partial charge is 0.311 e. The topological polar surface area (TPSA) is 45.8 Å². The van der Waals surface area contributed by atoms with Crippen molar-refractivity contribution >= 4 is 10.8 Å². The first kappa shape index (κ1) is 13.1. The molecular formula is C18H14N2O. The van der Waals surface area contributed by atoms with Crippen LogP contribution in [0.2, 0.25) is 0 Å². The van der Waals surface area contributed by atoms with Gasteiger partial charge >= 0.3 is 0 Å². The molecule has 1 aromatic heterocycles. The van der Waals surface area contributed by atoms with Gasteiger partial charge in [-0.15, -0.1) is 0 Å². The standard InChI is InChI=1S/C18H14N2O/c1-13-2-7-17-16(10-13)8-9-20(18(17)21)12-15-5-3-14(11-19)4-6-15/h2-10H,12H2,1H3. The van der Waals surface area contributed by atoms with Crippen LogP contribution in [0.4, 0.5) is 0 Å². The van der Waals surface area contributed by atoms with Crippen LogP contribution in [0.25, 0.3) is 10.8 Å². The summed E-state index contributed by atoms with van der Waals surface area (Å²) in [4.78, 5) is 12.5. The third-order valence-electron chi connectivity index (χ3n) is 3.57. The summed E-state index contributed by atoms with van der Waals surface area (Å²) in [6.07, 6.45) is 1.82. The summed E-state index contributed by atoms with van der Waals surface area (Å²) < 4.78 is 1.69. The summed E-state index contributed by atoms with van der Waals surface area (Å²) in [5.74, 6) is 0. The van der Waals surface area contributed by atoms with E-state index in [9.17, 15) is 4.79 Å². The molecule has 0 saturated carbocycles. The van der Waals surface area contributed by atoms with Crippen LogP contribution in [0, 0.1) is 18.3 Å². The molecule has 3 rings (SSSR count). The van der Waals surface area contributed by atoms with E-state index in [1.54, 1.807) is 16.7 Å². The number of rotatable bonds is 2. The maximum atomic E-state index is 12.5. The molecule has 0 atom stereocenters. The zero-order valence-corrected chi connectivity index (χ0v) is 11.7. The molecule has 3 nitrogen and oxygen atoms in total. The highest BCUT2D eigenvalue weighted by molar-refractivity contribution is 5.82. The Kier molecular flexibility index (Phi) is 3.29. The molecule has 2 aromatic carbocycles. The number of hydrogen-bond donors (Lipinski definition) is 0. The first-order valence-corrected chi connectivity index (χ1v) is 6.76. The average Bonchev–Trinajstić information content (AvgIpc) is 2.51. The summed E-state index contributed by atoms with van der Waals surface area (Å²) >= 11 is 0. The fourth-order valence-electron chi connectivity index (χ4n) is 2.41. The predicted molar refractivity (Wildman–Crippen MR) is 83.2 cm³/mol. The number of nitrogens with zero attached hydrogens (tertiary/aromatic N) is 2. The Balaban J connectivity index is 2.01. The summed E-state index contributed by atoms with van der Waals surface area (Å²) in [5.41, 5.74) is 2.78. The quantitative estimate of drug-likeness (QED) is 0.720. The van der Waals surface area contributed by atoms with Crippen LogP contribution in [0.5, 0.6) is 0 Å². The normalized spacial score (nSPS) is 10.5. The summed E-state index contributed by atoms with van der Waals surface area (Å²) in [6.45, 7) is 2.52. The molecule has 0 amide bonds. The Morgan fingerprint density at radius 1 is 1.10 bits per heavy atom. The monoisotopic (exact) mass is 274 g/mol. The van der Waals surface area contributed by atoms with E-state index in [2.05, 4.69) is 6.07 Å². The second kappa shape index (κ2) is 5.26. The van der Waals surface area contributed by atoms with Crippen molar-refractivity contribution in [3.05, 3.63) is 81.8 Å². The van der Waals surface area contributed by atoms with Crippen LogP contribution in [-0.2, 0) is 6.54 Å². The Labute approximate surface area is 122 Å². The van der Waals surface area contributed by atoms with Crippen molar-refractivity contribution in [1.29, 1.82) is 5.26 Å². The van der Waals surface area contributed by atoms with Gasteiger partial charge in [0.25, 0.3) is 5.56 Å². The fourth-order valence-corrected chi connectivity index (χ4v) is 2.41. The van der Waals surface area contributed by atoms with Crippen molar-refractivity contribution in [2.24, 2.45) is 0 Å². The minimum Gasteiger partial charge on any atom is -0.311 e. The molecule has 3 heteroatoms. The van der Waals surface area contributed by atoms with E-state index >= 15 is 0 Å². The van der Waals surface area contributed by atoms with Crippen LogP contribution in [0.1, 0.15) is 16.7 Å². The number of aryl methyl sites for hydroxylation is 1. The van der Waals surface area contributed by atoms with E-state index in [4.69, 9.17) is 5.26 Å². The number of benzene rings is 2. The Bertz CT molecular complexity index is 899. The van der Waals surface area contributed by atoms with Gasteiger partial charge in [-0.2, -0.15) is 5.26 Å². The highest BCUT2D eigenvalue weighted by Crippen LogP contribution is 2.12. The van der Waals surface area contributed by atoms with Gasteiger partial charge in [0, 0.05) is 11.6 Å². The lowest BCUT2D eigenvalue weighted by Gasteiger charge is -2.08. The van der Waals surface area contributed by atoms with Crippen LogP contribution in [-0.4, -0.2) is 4.57 Å². The third kappa shape index (κ3) is 2.56. The molecule has 102 valence electrons. The molecule has 0 aliphatic carbocycles. The highest BCUT2D eigenvalue weighted by Gasteiger charge is 2.04. The number of nitriles is 1. The lowest BCUT2D eigenvalue weighted by Crippen LogP contribution is -2.20. The Morgan fingerprint density at radius 3 is 2.57 bits per heavy atom. The second-order valence-electron chi connectivity index (χ2n) is 5.15. The summed E-state index contributed by atoms with van der Waals surface area (Å²) in [5, 5.41) is 10.5. The number of hydrogen-bond acceptors (Lipinski definition) is 2. The van der Waals surface area contributed by atoms with Crippen molar-refractivity contribution < 1.29 is 0 Å². The second-order valence-corrected chi connectivity index (χ2v) is 5.15. The van der Waals surface area contributed by atoms with Gasteiger partial charge in [-0.3, -0.25) is 4.79 Å². The zero-order valence-electron chi connectivity index (χ0n) is 11.7. The van der Waals surface area contributed by atoms with Gasteiger partial charge in [0.2, 0.25) is 0 Å².